The summed E-state index contributed by atoms with van der Waals surface area (Å²) in [5.41, 5.74) is 0.359. The van der Waals surface area contributed by atoms with E-state index in [1.54, 1.807) is 0 Å². The Bertz CT molecular complexity index is 207. The maximum Gasteiger partial charge on any atom is 0.0227 e. The van der Waals surface area contributed by atoms with Gasteiger partial charge in [-0.25, -0.2) is 0 Å². The molecule has 2 nitrogen and oxygen atoms in total. The molecule has 2 rings (SSSR count). The molecular weight excluding hydrogens is 172 g/mol. The van der Waals surface area contributed by atoms with Crippen molar-refractivity contribution in [2.45, 2.75) is 58.2 Å². The summed E-state index contributed by atoms with van der Waals surface area (Å²) in [6.45, 7) is 13.2. The van der Waals surface area contributed by atoms with E-state index in [1.165, 1.54) is 32.5 Å². The van der Waals surface area contributed by atoms with E-state index in [9.17, 15) is 0 Å². The summed E-state index contributed by atoms with van der Waals surface area (Å²) in [6, 6.07) is 1.68. The van der Waals surface area contributed by atoms with Crippen molar-refractivity contribution < 1.29 is 0 Å². The molecule has 0 aromatic rings. The number of rotatable bonds is 0. The Morgan fingerprint density at radius 2 is 1.79 bits per heavy atom. The van der Waals surface area contributed by atoms with Crippen molar-refractivity contribution in [3.8, 4) is 0 Å². The Hall–Kier alpha value is -0.0800. The van der Waals surface area contributed by atoms with E-state index in [0.717, 1.165) is 12.1 Å². The molecule has 82 valence electrons. The molecule has 2 heterocycles. The van der Waals surface area contributed by atoms with Crippen molar-refractivity contribution in [3.05, 3.63) is 0 Å². The summed E-state index contributed by atoms with van der Waals surface area (Å²) < 4.78 is 0. The SMILES string of the molecule is CC1CCC2CN(C(C)(C)C)CCN12. The minimum atomic E-state index is 0.359. The smallest absolute Gasteiger partial charge is 0.0227 e. The van der Waals surface area contributed by atoms with Gasteiger partial charge in [-0.15, -0.1) is 0 Å². The van der Waals surface area contributed by atoms with Gasteiger partial charge >= 0.3 is 0 Å². The maximum absolute atomic E-state index is 2.71. The van der Waals surface area contributed by atoms with Gasteiger partial charge < -0.3 is 0 Å². The van der Waals surface area contributed by atoms with Crippen LogP contribution >= 0.6 is 0 Å². The molecule has 2 aliphatic heterocycles. The van der Waals surface area contributed by atoms with Crippen molar-refractivity contribution >= 4 is 0 Å². The van der Waals surface area contributed by atoms with Crippen LogP contribution in [0.2, 0.25) is 0 Å². The number of nitrogens with zero attached hydrogens (tertiary/aromatic N) is 2. The van der Waals surface area contributed by atoms with Gasteiger partial charge in [0.15, 0.2) is 0 Å². The van der Waals surface area contributed by atoms with Crippen molar-refractivity contribution in [2.24, 2.45) is 0 Å². The molecule has 0 spiro atoms. The van der Waals surface area contributed by atoms with Crippen LogP contribution in [-0.2, 0) is 0 Å². The van der Waals surface area contributed by atoms with Crippen LogP contribution in [0.25, 0.3) is 0 Å². The summed E-state index contributed by atoms with van der Waals surface area (Å²) in [5, 5.41) is 0. The second kappa shape index (κ2) is 3.49. The molecule has 2 saturated heterocycles. The summed E-state index contributed by atoms with van der Waals surface area (Å²) in [4.78, 5) is 5.36. The van der Waals surface area contributed by atoms with Crippen LogP contribution in [-0.4, -0.2) is 47.1 Å². The highest BCUT2D eigenvalue weighted by atomic mass is 15.3. The first-order valence-electron chi connectivity index (χ1n) is 5.99. The fourth-order valence-electron chi connectivity index (χ4n) is 2.92. The van der Waals surface area contributed by atoms with Gasteiger partial charge in [-0.1, -0.05) is 0 Å². The summed E-state index contributed by atoms with van der Waals surface area (Å²) in [5.74, 6) is 0. The summed E-state index contributed by atoms with van der Waals surface area (Å²) in [6.07, 6.45) is 2.82. The molecule has 0 radical (unpaired) electrons. The molecule has 2 unspecified atom stereocenters. The molecular formula is C12H24N2. The molecule has 2 aliphatic rings. The van der Waals surface area contributed by atoms with Gasteiger partial charge in [0.1, 0.15) is 0 Å². The predicted molar refractivity (Wildman–Crippen MR) is 60.5 cm³/mol. The monoisotopic (exact) mass is 196 g/mol. The lowest BCUT2D eigenvalue weighted by Crippen LogP contribution is -2.57. The number of hydrogen-bond donors (Lipinski definition) is 0. The summed E-state index contributed by atoms with van der Waals surface area (Å²) in [7, 11) is 0. The summed E-state index contributed by atoms with van der Waals surface area (Å²) >= 11 is 0. The molecule has 0 amide bonds. The molecule has 0 saturated carbocycles. The zero-order valence-electron chi connectivity index (χ0n) is 10.1. The third-order valence-corrected chi connectivity index (χ3v) is 3.96. The Balaban J connectivity index is 1.99. The zero-order chi connectivity index (χ0) is 10.3. The lowest BCUT2D eigenvalue weighted by atomic mass is 10.0. The molecule has 0 aliphatic carbocycles. The van der Waals surface area contributed by atoms with E-state index in [-0.39, 0.29) is 0 Å². The highest BCUT2D eigenvalue weighted by Gasteiger charge is 2.37. The lowest BCUT2D eigenvalue weighted by Gasteiger charge is -2.45. The second-order valence-corrected chi connectivity index (χ2v) is 5.93. The molecule has 0 aromatic heterocycles. The average molecular weight is 196 g/mol. The first-order valence-corrected chi connectivity index (χ1v) is 5.99. The molecule has 2 atom stereocenters. The quantitative estimate of drug-likeness (QED) is 0.584. The first-order chi connectivity index (χ1) is 6.48. The van der Waals surface area contributed by atoms with Gasteiger partial charge in [0.2, 0.25) is 0 Å². The Morgan fingerprint density at radius 3 is 2.43 bits per heavy atom. The maximum atomic E-state index is 2.71. The number of piperazine rings is 1. The minimum absolute atomic E-state index is 0.359. The largest absolute Gasteiger partial charge is 0.296 e. The lowest BCUT2D eigenvalue weighted by molar-refractivity contribution is 0.0286. The van der Waals surface area contributed by atoms with Crippen LogP contribution in [0, 0.1) is 0 Å². The highest BCUT2D eigenvalue weighted by molar-refractivity contribution is 4.94. The highest BCUT2D eigenvalue weighted by Crippen LogP contribution is 2.29. The fourth-order valence-corrected chi connectivity index (χ4v) is 2.92. The van der Waals surface area contributed by atoms with Gasteiger partial charge in [-0.05, 0) is 40.5 Å². The topological polar surface area (TPSA) is 6.48 Å². The van der Waals surface area contributed by atoms with Crippen molar-refractivity contribution in [3.63, 3.8) is 0 Å². The van der Waals surface area contributed by atoms with E-state index >= 15 is 0 Å². The molecule has 0 aromatic carbocycles. The predicted octanol–water partition coefficient (Wildman–Crippen LogP) is 1.95. The van der Waals surface area contributed by atoms with E-state index in [1.807, 2.05) is 0 Å². The molecule has 14 heavy (non-hydrogen) atoms. The third-order valence-electron chi connectivity index (χ3n) is 3.96. The second-order valence-electron chi connectivity index (χ2n) is 5.93. The Labute approximate surface area is 88.3 Å². The minimum Gasteiger partial charge on any atom is -0.296 e. The van der Waals surface area contributed by atoms with Crippen LogP contribution in [0.4, 0.5) is 0 Å². The van der Waals surface area contributed by atoms with Gasteiger partial charge in [-0.3, -0.25) is 9.80 Å². The Kier molecular flexibility index (Phi) is 2.61. The van der Waals surface area contributed by atoms with Crippen molar-refractivity contribution in [1.29, 1.82) is 0 Å². The molecule has 2 heteroatoms. The van der Waals surface area contributed by atoms with Crippen molar-refractivity contribution in [2.75, 3.05) is 19.6 Å². The zero-order valence-corrected chi connectivity index (χ0v) is 10.1. The van der Waals surface area contributed by atoms with E-state index in [0.29, 0.717) is 5.54 Å². The first kappa shape index (κ1) is 10.4. The number of hydrogen-bond acceptors (Lipinski definition) is 2. The van der Waals surface area contributed by atoms with Crippen LogP contribution in [0.1, 0.15) is 40.5 Å². The van der Waals surface area contributed by atoms with Crippen LogP contribution in [0.5, 0.6) is 0 Å². The average Bonchev–Trinajstić information content (AvgIpc) is 2.46. The molecule has 0 N–H and O–H groups in total. The standard InChI is InChI=1S/C12H24N2/c1-10-5-6-11-9-13(12(2,3)4)7-8-14(10)11/h10-11H,5-9H2,1-4H3. The van der Waals surface area contributed by atoms with Gasteiger partial charge in [-0.2, -0.15) is 0 Å². The molecule has 0 bridgehead atoms. The van der Waals surface area contributed by atoms with Crippen molar-refractivity contribution in [1.82, 2.24) is 9.80 Å². The van der Waals surface area contributed by atoms with Gasteiger partial charge in [0.05, 0.1) is 0 Å². The van der Waals surface area contributed by atoms with Crippen LogP contribution in [0.3, 0.4) is 0 Å². The fraction of sp³-hybridized carbons (Fsp3) is 1.00. The van der Waals surface area contributed by atoms with E-state index in [2.05, 4.69) is 37.5 Å². The van der Waals surface area contributed by atoms with Gasteiger partial charge in [0.25, 0.3) is 0 Å². The number of fused-ring (bicyclic) bond motifs is 1. The van der Waals surface area contributed by atoms with Crippen LogP contribution < -0.4 is 0 Å². The normalized spacial score (nSPS) is 36.0. The van der Waals surface area contributed by atoms with Crippen LogP contribution in [0.15, 0.2) is 0 Å². The third kappa shape index (κ3) is 1.82. The van der Waals surface area contributed by atoms with Gasteiger partial charge in [0, 0.05) is 37.3 Å². The Morgan fingerprint density at radius 1 is 1.07 bits per heavy atom. The van der Waals surface area contributed by atoms with E-state index in [4.69, 9.17) is 0 Å². The van der Waals surface area contributed by atoms with E-state index < -0.39 is 0 Å². The molecule has 2 fully saturated rings.